The lowest BCUT2D eigenvalue weighted by Crippen LogP contribution is -2.36. The Hall–Kier alpha value is -3.88. The topological polar surface area (TPSA) is 109 Å². The van der Waals surface area contributed by atoms with E-state index in [1.807, 2.05) is 17.9 Å². The molecule has 0 fully saturated rings. The van der Waals surface area contributed by atoms with Gasteiger partial charge in [-0.2, -0.15) is 0 Å². The van der Waals surface area contributed by atoms with Gasteiger partial charge >= 0.3 is 0 Å². The molecule has 160 valence electrons. The first-order valence-corrected chi connectivity index (χ1v) is 9.74. The van der Waals surface area contributed by atoms with Crippen molar-refractivity contribution in [2.24, 2.45) is 9.98 Å². The van der Waals surface area contributed by atoms with E-state index in [4.69, 9.17) is 14.5 Å². The van der Waals surface area contributed by atoms with Gasteiger partial charge in [0.05, 0.1) is 26.3 Å². The average Bonchev–Trinajstić information content (AvgIpc) is 3.24. The predicted molar refractivity (Wildman–Crippen MR) is 119 cm³/mol. The molecule has 9 nitrogen and oxygen atoms in total. The van der Waals surface area contributed by atoms with Gasteiger partial charge in [-0.3, -0.25) is 9.79 Å². The van der Waals surface area contributed by atoms with Crippen molar-refractivity contribution in [3.05, 3.63) is 47.2 Å². The minimum absolute atomic E-state index is 0.000439. The Morgan fingerprint density at radius 2 is 2.10 bits per heavy atom. The van der Waals surface area contributed by atoms with Gasteiger partial charge < -0.3 is 24.8 Å². The second kappa shape index (κ2) is 8.10. The highest BCUT2D eigenvalue weighted by molar-refractivity contribution is 6.20. The van der Waals surface area contributed by atoms with Crippen LogP contribution in [0.25, 0.3) is 5.76 Å². The number of aliphatic hydroxyl groups excluding tert-OH is 1. The number of aliphatic imine (C=N–C) groups is 2. The first-order chi connectivity index (χ1) is 14.9. The van der Waals surface area contributed by atoms with Crippen LogP contribution in [0.1, 0.15) is 23.6 Å². The van der Waals surface area contributed by atoms with Crippen LogP contribution in [0.5, 0.6) is 11.5 Å². The summed E-state index contributed by atoms with van der Waals surface area (Å²) < 4.78 is 11.1. The Kier molecular flexibility index (Phi) is 5.33. The number of fused-ring (bicyclic) bond motifs is 3. The summed E-state index contributed by atoms with van der Waals surface area (Å²) in [5.74, 6) is 2.82. The van der Waals surface area contributed by atoms with Gasteiger partial charge in [-0.25, -0.2) is 9.98 Å². The summed E-state index contributed by atoms with van der Waals surface area (Å²) in [6.07, 6.45) is 3.07. The molecule has 3 heterocycles. The summed E-state index contributed by atoms with van der Waals surface area (Å²) in [5, 5.41) is 13.3. The quantitative estimate of drug-likeness (QED) is 0.719. The van der Waals surface area contributed by atoms with Gasteiger partial charge in [-0.15, -0.1) is 0 Å². The van der Waals surface area contributed by atoms with Crippen molar-refractivity contribution in [1.29, 1.82) is 0 Å². The van der Waals surface area contributed by atoms with Crippen LogP contribution >= 0.6 is 0 Å². The summed E-state index contributed by atoms with van der Waals surface area (Å²) in [6.45, 7) is 4.59. The summed E-state index contributed by atoms with van der Waals surface area (Å²) >= 11 is 0. The summed E-state index contributed by atoms with van der Waals surface area (Å²) in [5.41, 5.74) is 2.81. The van der Waals surface area contributed by atoms with E-state index in [0.29, 0.717) is 47.5 Å². The van der Waals surface area contributed by atoms with Gasteiger partial charge in [-0.1, -0.05) is 0 Å². The molecule has 0 saturated carbocycles. The molecule has 0 atom stereocenters. The lowest BCUT2D eigenvalue weighted by atomic mass is 10.0. The number of ether oxygens (including phenoxy) is 2. The number of anilines is 1. The summed E-state index contributed by atoms with van der Waals surface area (Å²) in [4.78, 5) is 26.7. The first-order valence-electron chi connectivity index (χ1n) is 9.74. The van der Waals surface area contributed by atoms with Gasteiger partial charge in [0.25, 0.3) is 0 Å². The number of hydrogen-bond donors (Lipinski definition) is 2. The number of pyridine rings is 1. The molecule has 1 amide bonds. The highest BCUT2D eigenvalue weighted by Gasteiger charge is 2.32. The number of benzene rings is 1. The van der Waals surface area contributed by atoms with E-state index in [2.05, 4.69) is 15.3 Å². The highest BCUT2D eigenvalue weighted by atomic mass is 16.5. The van der Waals surface area contributed by atoms with Crippen LogP contribution in [0, 0.1) is 6.92 Å². The number of amidine groups is 2. The molecule has 9 heteroatoms. The van der Waals surface area contributed by atoms with Gasteiger partial charge in [-0.05, 0) is 25.1 Å². The Balaban J connectivity index is 1.76. The van der Waals surface area contributed by atoms with Crippen molar-refractivity contribution in [2.45, 2.75) is 13.8 Å². The Morgan fingerprint density at radius 3 is 2.74 bits per heavy atom. The number of aliphatic hydroxyl groups is 1. The number of hydrogen-bond acceptors (Lipinski definition) is 8. The van der Waals surface area contributed by atoms with Crippen LogP contribution in [0.4, 0.5) is 11.5 Å². The third-order valence-electron chi connectivity index (χ3n) is 5.09. The molecule has 0 bridgehead atoms. The number of amides is 1. The van der Waals surface area contributed by atoms with Gasteiger partial charge in [0.1, 0.15) is 34.7 Å². The molecule has 0 radical (unpaired) electrons. The number of aromatic nitrogens is 1. The fourth-order valence-electron chi connectivity index (χ4n) is 3.65. The smallest absolute Gasteiger partial charge is 0.222 e. The molecular formula is C22H23N5O4. The van der Waals surface area contributed by atoms with Crippen molar-refractivity contribution in [1.82, 2.24) is 9.88 Å². The van der Waals surface area contributed by atoms with E-state index in [1.165, 1.54) is 13.1 Å². The number of methoxy groups -OCH3 is 2. The third kappa shape index (κ3) is 3.70. The van der Waals surface area contributed by atoms with Crippen molar-refractivity contribution >= 4 is 34.8 Å². The Morgan fingerprint density at radius 1 is 1.29 bits per heavy atom. The van der Waals surface area contributed by atoms with Crippen LogP contribution in [0.2, 0.25) is 0 Å². The van der Waals surface area contributed by atoms with E-state index in [0.717, 1.165) is 17.0 Å². The number of nitrogens with one attached hydrogen (secondary N) is 1. The molecule has 2 N–H and O–H groups in total. The monoisotopic (exact) mass is 421 g/mol. The highest BCUT2D eigenvalue weighted by Crippen LogP contribution is 2.43. The molecule has 4 rings (SSSR count). The minimum atomic E-state index is -0.211. The fraction of sp³-hybridized carbons (Fsp3) is 0.273. The lowest BCUT2D eigenvalue weighted by molar-refractivity contribution is -0.114. The molecule has 0 unspecified atom stereocenters. The van der Waals surface area contributed by atoms with E-state index < -0.39 is 0 Å². The third-order valence-corrected chi connectivity index (χ3v) is 5.09. The maximum absolute atomic E-state index is 11.2. The maximum Gasteiger partial charge on any atom is 0.222 e. The van der Waals surface area contributed by atoms with Gasteiger partial charge in [0.2, 0.25) is 5.91 Å². The number of rotatable bonds is 5. The maximum atomic E-state index is 11.2. The number of carbonyl (C=O) groups is 1. The lowest BCUT2D eigenvalue weighted by Gasteiger charge is -2.28. The number of carbonyl (C=O) groups excluding carboxylic acids is 1. The van der Waals surface area contributed by atoms with Crippen molar-refractivity contribution in [3.8, 4) is 11.5 Å². The predicted octanol–water partition coefficient (Wildman–Crippen LogP) is 3.07. The molecule has 0 spiro atoms. The second-order valence-electron chi connectivity index (χ2n) is 7.10. The van der Waals surface area contributed by atoms with E-state index in [9.17, 15) is 9.90 Å². The molecule has 2 aliphatic heterocycles. The normalized spacial score (nSPS) is 15.0. The van der Waals surface area contributed by atoms with Crippen LogP contribution in [0.15, 0.2) is 40.5 Å². The van der Waals surface area contributed by atoms with Gasteiger partial charge in [0.15, 0.2) is 5.75 Å². The summed E-state index contributed by atoms with van der Waals surface area (Å²) in [6, 6.07) is 5.22. The van der Waals surface area contributed by atoms with E-state index >= 15 is 0 Å². The molecule has 2 aromatic rings. The van der Waals surface area contributed by atoms with Crippen LogP contribution in [-0.4, -0.2) is 59.9 Å². The molecule has 0 aliphatic carbocycles. The van der Waals surface area contributed by atoms with Crippen molar-refractivity contribution < 1.29 is 19.4 Å². The molecule has 1 aromatic heterocycles. The van der Waals surface area contributed by atoms with Crippen molar-refractivity contribution in [3.63, 3.8) is 0 Å². The molecule has 1 aromatic carbocycles. The zero-order chi connectivity index (χ0) is 22.1. The molecule has 0 saturated heterocycles. The Bertz CT molecular complexity index is 1140. The average molecular weight is 421 g/mol. The standard InChI is InChI=1S/C22H23N5O4/c1-12-17(30-3)9-15-20(21(12)31-4)26-19(27-8-7-23-22(15)27)10-16(29)14-5-6-18(24-11-14)25-13(2)28/h5-6,9-11,29H,7-8H2,1-4H3,(H,24,25,28)/b16-10-. The first kappa shape index (κ1) is 20.4. The largest absolute Gasteiger partial charge is 0.507 e. The van der Waals surface area contributed by atoms with Crippen LogP contribution in [0.3, 0.4) is 0 Å². The van der Waals surface area contributed by atoms with Crippen LogP contribution < -0.4 is 14.8 Å². The fourth-order valence-corrected chi connectivity index (χ4v) is 3.65. The number of nitrogens with zero attached hydrogens (tertiary/aromatic N) is 4. The Labute approximate surface area is 179 Å². The SMILES string of the molecule is COc1cc2c(c(OC)c1C)N=C(/C=C(\O)c1ccc(NC(C)=O)nc1)N1CCN=C21. The second-order valence-corrected chi connectivity index (χ2v) is 7.10. The van der Waals surface area contributed by atoms with E-state index in [-0.39, 0.29) is 11.7 Å². The van der Waals surface area contributed by atoms with Crippen molar-refractivity contribution in [2.75, 3.05) is 32.6 Å². The molecule has 31 heavy (non-hydrogen) atoms. The molecular weight excluding hydrogens is 398 g/mol. The van der Waals surface area contributed by atoms with Crippen LogP contribution in [-0.2, 0) is 4.79 Å². The zero-order valence-electron chi connectivity index (χ0n) is 17.8. The van der Waals surface area contributed by atoms with Gasteiger partial charge in [0, 0.05) is 36.9 Å². The molecule has 2 aliphatic rings. The van der Waals surface area contributed by atoms with E-state index in [1.54, 1.807) is 32.4 Å². The zero-order valence-corrected chi connectivity index (χ0v) is 17.8. The minimum Gasteiger partial charge on any atom is -0.507 e. The summed E-state index contributed by atoms with van der Waals surface area (Å²) in [7, 11) is 3.21.